The summed E-state index contributed by atoms with van der Waals surface area (Å²) in [6, 6.07) is 8.19. The lowest BCUT2D eigenvalue weighted by molar-refractivity contribution is 0.0642. The van der Waals surface area contributed by atoms with E-state index in [1.807, 2.05) is 45.3 Å². The second kappa shape index (κ2) is 7.22. The summed E-state index contributed by atoms with van der Waals surface area (Å²) in [5, 5.41) is 5.38. The lowest BCUT2D eigenvalue weighted by Gasteiger charge is -2.16. The Kier molecular flexibility index (Phi) is 5.32. The first-order chi connectivity index (χ1) is 9.76. The molecule has 2 aromatic rings. The van der Waals surface area contributed by atoms with Crippen molar-refractivity contribution < 1.29 is 9.47 Å². The monoisotopic (exact) mass is 274 g/mol. The predicted molar refractivity (Wildman–Crippen MR) is 81.1 cm³/mol. The van der Waals surface area contributed by atoms with Crippen LogP contribution in [0.4, 0.5) is 0 Å². The number of hydrogen-bond donors (Lipinski definition) is 1. The number of pyridine rings is 1. The SMILES string of the molecule is CCOCC(C)Oc1ncc(CNC)c2ccccc12. The van der Waals surface area contributed by atoms with Gasteiger partial charge in [-0.05, 0) is 37.9 Å². The van der Waals surface area contributed by atoms with Gasteiger partial charge in [-0.25, -0.2) is 4.98 Å². The molecule has 0 aliphatic rings. The Balaban J connectivity index is 2.28. The molecule has 1 unspecified atom stereocenters. The Labute approximate surface area is 120 Å². The van der Waals surface area contributed by atoms with Gasteiger partial charge in [0.25, 0.3) is 0 Å². The topological polar surface area (TPSA) is 43.4 Å². The molecule has 2 rings (SSSR count). The maximum Gasteiger partial charge on any atom is 0.221 e. The van der Waals surface area contributed by atoms with Gasteiger partial charge in [-0.15, -0.1) is 0 Å². The van der Waals surface area contributed by atoms with Gasteiger partial charge in [0.05, 0.1) is 6.61 Å². The maximum atomic E-state index is 5.91. The Morgan fingerprint density at radius 2 is 2.00 bits per heavy atom. The summed E-state index contributed by atoms with van der Waals surface area (Å²) in [5.74, 6) is 0.674. The van der Waals surface area contributed by atoms with Crippen LogP contribution in [0.15, 0.2) is 30.5 Å². The summed E-state index contributed by atoms with van der Waals surface area (Å²) in [6.45, 7) is 6.04. The van der Waals surface area contributed by atoms with Crippen molar-refractivity contribution in [2.24, 2.45) is 0 Å². The Morgan fingerprint density at radius 3 is 2.70 bits per heavy atom. The van der Waals surface area contributed by atoms with Gasteiger partial charge >= 0.3 is 0 Å². The molecule has 0 fully saturated rings. The van der Waals surface area contributed by atoms with Gasteiger partial charge in [0.1, 0.15) is 6.10 Å². The number of ether oxygens (including phenoxy) is 2. The molecule has 1 N–H and O–H groups in total. The molecule has 4 nitrogen and oxygen atoms in total. The zero-order valence-corrected chi connectivity index (χ0v) is 12.3. The van der Waals surface area contributed by atoms with Gasteiger partial charge in [0, 0.05) is 24.7 Å². The fraction of sp³-hybridized carbons (Fsp3) is 0.438. The van der Waals surface area contributed by atoms with Crippen molar-refractivity contribution in [1.82, 2.24) is 10.3 Å². The quantitative estimate of drug-likeness (QED) is 0.843. The lowest BCUT2D eigenvalue weighted by Crippen LogP contribution is -2.20. The average molecular weight is 274 g/mol. The smallest absolute Gasteiger partial charge is 0.221 e. The molecule has 0 amide bonds. The molecule has 0 saturated carbocycles. The second-order valence-electron chi connectivity index (χ2n) is 4.75. The molecular formula is C16H22N2O2. The Hall–Kier alpha value is -1.65. The minimum atomic E-state index is -0.0130. The van der Waals surface area contributed by atoms with Crippen molar-refractivity contribution in [1.29, 1.82) is 0 Å². The van der Waals surface area contributed by atoms with E-state index in [0.717, 1.165) is 11.9 Å². The van der Waals surface area contributed by atoms with E-state index in [0.29, 0.717) is 19.1 Å². The van der Waals surface area contributed by atoms with Crippen molar-refractivity contribution in [3.05, 3.63) is 36.0 Å². The summed E-state index contributed by atoms with van der Waals surface area (Å²) < 4.78 is 11.3. The molecule has 4 heteroatoms. The highest BCUT2D eigenvalue weighted by Gasteiger charge is 2.11. The van der Waals surface area contributed by atoms with Gasteiger partial charge in [-0.2, -0.15) is 0 Å². The summed E-state index contributed by atoms with van der Waals surface area (Å²) >= 11 is 0. The van der Waals surface area contributed by atoms with E-state index in [1.54, 1.807) is 0 Å². The van der Waals surface area contributed by atoms with E-state index in [1.165, 1.54) is 10.9 Å². The number of fused-ring (bicyclic) bond motifs is 1. The predicted octanol–water partition coefficient (Wildman–Crippen LogP) is 2.76. The molecule has 1 atom stereocenters. The second-order valence-corrected chi connectivity index (χ2v) is 4.75. The van der Waals surface area contributed by atoms with E-state index < -0.39 is 0 Å². The van der Waals surface area contributed by atoms with Crippen LogP contribution in [-0.2, 0) is 11.3 Å². The first kappa shape index (κ1) is 14.8. The fourth-order valence-electron chi connectivity index (χ4n) is 2.16. The average Bonchev–Trinajstić information content (AvgIpc) is 2.48. The van der Waals surface area contributed by atoms with Crippen LogP contribution >= 0.6 is 0 Å². The summed E-state index contributed by atoms with van der Waals surface area (Å²) in [5.41, 5.74) is 1.17. The Bertz CT molecular complexity index is 557. The van der Waals surface area contributed by atoms with Crippen molar-refractivity contribution >= 4 is 10.8 Å². The minimum absolute atomic E-state index is 0.0130. The molecule has 0 saturated heterocycles. The van der Waals surface area contributed by atoms with Gasteiger partial charge in [-0.3, -0.25) is 0 Å². The van der Waals surface area contributed by atoms with Crippen LogP contribution in [-0.4, -0.2) is 31.3 Å². The number of nitrogens with one attached hydrogen (secondary N) is 1. The van der Waals surface area contributed by atoms with Crippen LogP contribution in [0.3, 0.4) is 0 Å². The third-order valence-corrected chi connectivity index (χ3v) is 3.08. The zero-order valence-electron chi connectivity index (χ0n) is 12.3. The number of hydrogen-bond acceptors (Lipinski definition) is 4. The minimum Gasteiger partial charge on any atom is -0.472 e. The van der Waals surface area contributed by atoms with Crippen molar-refractivity contribution in [3.8, 4) is 5.88 Å². The summed E-state index contributed by atoms with van der Waals surface area (Å²) in [4.78, 5) is 4.46. The molecular weight excluding hydrogens is 252 g/mol. The molecule has 1 aromatic heterocycles. The Morgan fingerprint density at radius 1 is 1.25 bits per heavy atom. The number of nitrogens with zero attached hydrogens (tertiary/aromatic N) is 1. The normalized spacial score (nSPS) is 12.6. The van der Waals surface area contributed by atoms with E-state index in [2.05, 4.69) is 16.4 Å². The third-order valence-electron chi connectivity index (χ3n) is 3.08. The summed E-state index contributed by atoms with van der Waals surface area (Å²) in [7, 11) is 1.93. The molecule has 20 heavy (non-hydrogen) atoms. The number of aromatic nitrogens is 1. The molecule has 1 aromatic carbocycles. The van der Waals surface area contributed by atoms with E-state index in [4.69, 9.17) is 9.47 Å². The zero-order chi connectivity index (χ0) is 14.4. The molecule has 0 radical (unpaired) electrons. The van der Waals surface area contributed by atoms with Gasteiger partial charge < -0.3 is 14.8 Å². The molecule has 0 spiro atoms. The maximum absolute atomic E-state index is 5.91. The number of benzene rings is 1. The van der Waals surface area contributed by atoms with Gasteiger partial charge in [-0.1, -0.05) is 18.2 Å². The third kappa shape index (κ3) is 3.46. The molecule has 1 heterocycles. The summed E-state index contributed by atoms with van der Waals surface area (Å²) in [6.07, 6.45) is 1.86. The standard InChI is InChI=1S/C16H22N2O2/c1-4-19-11-12(2)20-16-15-8-6-5-7-14(15)13(9-17-3)10-18-16/h5-8,10,12,17H,4,9,11H2,1-3H3. The first-order valence-corrected chi connectivity index (χ1v) is 7.01. The highest BCUT2D eigenvalue weighted by Crippen LogP contribution is 2.26. The molecule has 0 bridgehead atoms. The van der Waals surface area contributed by atoms with Crippen molar-refractivity contribution in [2.75, 3.05) is 20.3 Å². The lowest BCUT2D eigenvalue weighted by atomic mass is 10.1. The van der Waals surface area contributed by atoms with Crippen molar-refractivity contribution in [2.45, 2.75) is 26.5 Å². The van der Waals surface area contributed by atoms with Crippen LogP contribution in [0.1, 0.15) is 19.4 Å². The van der Waals surface area contributed by atoms with Crippen LogP contribution in [0.2, 0.25) is 0 Å². The van der Waals surface area contributed by atoms with Gasteiger partial charge in [0.15, 0.2) is 0 Å². The molecule has 0 aliphatic carbocycles. The van der Waals surface area contributed by atoms with Crippen LogP contribution < -0.4 is 10.1 Å². The highest BCUT2D eigenvalue weighted by molar-refractivity contribution is 5.89. The van der Waals surface area contributed by atoms with E-state index >= 15 is 0 Å². The molecule has 0 aliphatic heterocycles. The van der Waals surface area contributed by atoms with E-state index in [-0.39, 0.29) is 6.10 Å². The largest absolute Gasteiger partial charge is 0.472 e. The van der Waals surface area contributed by atoms with Crippen molar-refractivity contribution in [3.63, 3.8) is 0 Å². The first-order valence-electron chi connectivity index (χ1n) is 7.01. The number of rotatable bonds is 7. The van der Waals surface area contributed by atoms with Crippen LogP contribution in [0.5, 0.6) is 5.88 Å². The van der Waals surface area contributed by atoms with Gasteiger partial charge in [0.2, 0.25) is 5.88 Å². The van der Waals surface area contributed by atoms with E-state index in [9.17, 15) is 0 Å². The molecule has 108 valence electrons. The highest BCUT2D eigenvalue weighted by atomic mass is 16.5. The fourth-order valence-corrected chi connectivity index (χ4v) is 2.16. The van der Waals surface area contributed by atoms with Crippen LogP contribution in [0, 0.1) is 0 Å². The van der Waals surface area contributed by atoms with Crippen LogP contribution in [0.25, 0.3) is 10.8 Å².